The molecule has 1 atom stereocenters. The van der Waals surface area contributed by atoms with Gasteiger partial charge in [-0.05, 0) is 11.1 Å². The monoisotopic (exact) mass is 342 g/mol. The molecule has 0 bridgehead atoms. The quantitative estimate of drug-likeness (QED) is 0.712. The fraction of sp³-hybridized carbons (Fsp3) is 0.211. The van der Waals surface area contributed by atoms with Crippen molar-refractivity contribution in [2.24, 2.45) is 0 Å². The van der Waals surface area contributed by atoms with Crippen LogP contribution in [0.4, 0.5) is 0 Å². The lowest BCUT2D eigenvalue weighted by molar-refractivity contribution is -0.00189. The summed E-state index contributed by atoms with van der Waals surface area (Å²) in [6.45, 7) is 0.537. The van der Waals surface area contributed by atoms with Gasteiger partial charge in [0.1, 0.15) is 6.10 Å². The van der Waals surface area contributed by atoms with Crippen molar-refractivity contribution < 1.29 is 9.84 Å². The van der Waals surface area contributed by atoms with Crippen molar-refractivity contribution in [2.45, 2.75) is 18.8 Å². The van der Waals surface area contributed by atoms with E-state index in [0.29, 0.717) is 11.6 Å². The van der Waals surface area contributed by atoms with Gasteiger partial charge in [0.25, 0.3) is 0 Å². The van der Waals surface area contributed by atoms with Crippen LogP contribution < -0.4 is 0 Å². The average molecular weight is 343 g/mol. The predicted octanol–water partition coefficient (Wildman–Crippen LogP) is 3.70. The average Bonchev–Trinajstić information content (AvgIpc) is 3.02. The number of benzene rings is 2. The summed E-state index contributed by atoms with van der Waals surface area (Å²) in [4.78, 5) is 0. The number of hydrogen-bond acceptors (Lipinski definition) is 3. The molecular formula is C19H19ClN2O2. The Morgan fingerprint density at radius 2 is 1.58 bits per heavy atom. The molecule has 2 aromatic carbocycles. The first-order valence-electron chi connectivity index (χ1n) is 7.80. The van der Waals surface area contributed by atoms with Crippen LogP contribution in [0.15, 0.2) is 73.1 Å². The topological polar surface area (TPSA) is 47.3 Å². The van der Waals surface area contributed by atoms with Crippen LogP contribution >= 0.6 is 11.6 Å². The van der Waals surface area contributed by atoms with Crippen molar-refractivity contribution >= 4 is 11.6 Å². The van der Waals surface area contributed by atoms with Crippen molar-refractivity contribution in [3.63, 3.8) is 0 Å². The standard InChI is InChI=1S/C19H19ClN2O2/c20-17-11-21-22(12-17)13-18(23)14-24-19(15-7-3-1-4-8-15)16-9-5-2-6-10-16/h1-12,18-19,23H,13-14H2. The summed E-state index contributed by atoms with van der Waals surface area (Å²) in [5.41, 5.74) is 2.11. The minimum atomic E-state index is -0.670. The third kappa shape index (κ3) is 4.45. The van der Waals surface area contributed by atoms with E-state index in [9.17, 15) is 5.11 Å². The lowest BCUT2D eigenvalue weighted by Crippen LogP contribution is -2.23. The normalized spacial score (nSPS) is 12.5. The van der Waals surface area contributed by atoms with Gasteiger partial charge in [0, 0.05) is 6.20 Å². The van der Waals surface area contributed by atoms with Crippen molar-refractivity contribution in [1.82, 2.24) is 9.78 Å². The molecule has 0 spiro atoms. The van der Waals surface area contributed by atoms with E-state index in [4.69, 9.17) is 16.3 Å². The minimum absolute atomic E-state index is 0.200. The van der Waals surface area contributed by atoms with Crippen LogP contribution in [0.25, 0.3) is 0 Å². The smallest absolute Gasteiger partial charge is 0.108 e. The molecule has 1 aromatic heterocycles. The van der Waals surface area contributed by atoms with Crippen LogP contribution in [0.1, 0.15) is 17.2 Å². The van der Waals surface area contributed by atoms with Crippen LogP contribution in [0, 0.1) is 0 Å². The van der Waals surface area contributed by atoms with Crippen molar-refractivity contribution in [2.75, 3.05) is 6.61 Å². The van der Waals surface area contributed by atoms with Crippen LogP contribution in [0.3, 0.4) is 0 Å². The number of aromatic nitrogens is 2. The number of rotatable bonds is 7. The Kier molecular flexibility index (Phi) is 5.64. The summed E-state index contributed by atoms with van der Waals surface area (Å²) < 4.78 is 7.64. The highest BCUT2D eigenvalue weighted by Crippen LogP contribution is 2.25. The summed E-state index contributed by atoms with van der Waals surface area (Å²) >= 11 is 5.84. The zero-order valence-electron chi connectivity index (χ0n) is 13.1. The van der Waals surface area contributed by atoms with E-state index in [1.807, 2.05) is 60.7 Å². The molecule has 0 aliphatic rings. The Labute approximate surface area is 146 Å². The second-order valence-corrected chi connectivity index (χ2v) is 6.01. The van der Waals surface area contributed by atoms with Gasteiger partial charge < -0.3 is 9.84 Å². The van der Waals surface area contributed by atoms with Crippen LogP contribution in [-0.2, 0) is 11.3 Å². The SMILES string of the molecule is OC(COC(c1ccccc1)c1ccccc1)Cn1cc(Cl)cn1. The van der Waals surface area contributed by atoms with Crippen LogP contribution in [0.5, 0.6) is 0 Å². The second-order valence-electron chi connectivity index (χ2n) is 5.57. The number of aliphatic hydroxyl groups is 1. The summed E-state index contributed by atoms with van der Waals surface area (Å²) in [7, 11) is 0. The third-order valence-electron chi connectivity index (χ3n) is 3.66. The molecule has 3 aromatic rings. The molecule has 0 saturated carbocycles. The molecule has 0 radical (unpaired) electrons. The fourth-order valence-electron chi connectivity index (χ4n) is 2.55. The number of nitrogens with zero attached hydrogens (tertiary/aromatic N) is 2. The number of hydrogen-bond donors (Lipinski definition) is 1. The summed E-state index contributed by atoms with van der Waals surface area (Å²) in [5, 5.41) is 14.8. The lowest BCUT2D eigenvalue weighted by atomic mass is 10.0. The summed E-state index contributed by atoms with van der Waals surface area (Å²) in [6.07, 6.45) is 2.34. The van der Waals surface area contributed by atoms with Gasteiger partial charge in [0.15, 0.2) is 0 Å². The highest BCUT2D eigenvalue weighted by molar-refractivity contribution is 6.30. The molecule has 1 N–H and O–H groups in total. The number of halogens is 1. The Morgan fingerprint density at radius 1 is 1.00 bits per heavy atom. The van der Waals surface area contributed by atoms with Gasteiger partial charge in [-0.1, -0.05) is 72.3 Å². The largest absolute Gasteiger partial charge is 0.389 e. The van der Waals surface area contributed by atoms with Crippen LogP contribution in [0.2, 0.25) is 5.02 Å². The maximum absolute atomic E-state index is 10.2. The van der Waals surface area contributed by atoms with E-state index in [0.717, 1.165) is 11.1 Å². The first kappa shape index (κ1) is 16.7. The summed E-state index contributed by atoms with van der Waals surface area (Å²) in [5.74, 6) is 0. The van der Waals surface area contributed by atoms with Gasteiger partial charge >= 0.3 is 0 Å². The maximum Gasteiger partial charge on any atom is 0.108 e. The van der Waals surface area contributed by atoms with Crippen molar-refractivity contribution in [1.29, 1.82) is 0 Å². The van der Waals surface area contributed by atoms with Crippen molar-refractivity contribution in [3.8, 4) is 0 Å². The molecule has 1 heterocycles. The Bertz CT molecular complexity index is 707. The first-order valence-corrected chi connectivity index (χ1v) is 8.17. The maximum atomic E-state index is 10.2. The molecule has 1 unspecified atom stereocenters. The summed E-state index contributed by atoms with van der Waals surface area (Å²) in [6, 6.07) is 20.0. The molecule has 0 saturated heterocycles. The molecule has 0 aliphatic heterocycles. The van der Waals surface area contributed by atoms with Gasteiger partial charge in [-0.3, -0.25) is 4.68 Å². The first-order chi connectivity index (χ1) is 11.7. The van der Waals surface area contributed by atoms with Crippen LogP contribution in [-0.4, -0.2) is 27.6 Å². The molecule has 4 nitrogen and oxygen atoms in total. The zero-order chi connectivity index (χ0) is 16.8. The highest BCUT2D eigenvalue weighted by Gasteiger charge is 2.16. The molecule has 5 heteroatoms. The Hall–Kier alpha value is -2.14. The molecule has 24 heavy (non-hydrogen) atoms. The fourth-order valence-corrected chi connectivity index (χ4v) is 2.71. The Balaban J connectivity index is 1.68. The van der Waals surface area contributed by atoms with E-state index >= 15 is 0 Å². The van der Waals surface area contributed by atoms with Gasteiger partial charge in [0.05, 0.1) is 30.5 Å². The second kappa shape index (κ2) is 8.11. The van der Waals surface area contributed by atoms with Gasteiger partial charge in [-0.25, -0.2) is 0 Å². The van der Waals surface area contributed by atoms with Gasteiger partial charge in [-0.2, -0.15) is 5.10 Å². The van der Waals surface area contributed by atoms with E-state index in [1.54, 1.807) is 17.1 Å². The van der Waals surface area contributed by atoms with Gasteiger partial charge in [0.2, 0.25) is 0 Å². The number of aliphatic hydroxyl groups excluding tert-OH is 1. The molecule has 124 valence electrons. The zero-order valence-corrected chi connectivity index (χ0v) is 13.9. The van der Waals surface area contributed by atoms with Crippen molar-refractivity contribution in [3.05, 3.63) is 89.2 Å². The van der Waals surface area contributed by atoms with E-state index in [2.05, 4.69) is 5.10 Å². The lowest BCUT2D eigenvalue weighted by Gasteiger charge is -2.21. The molecule has 0 amide bonds. The minimum Gasteiger partial charge on any atom is -0.389 e. The van der Waals surface area contributed by atoms with E-state index < -0.39 is 6.10 Å². The molecular weight excluding hydrogens is 324 g/mol. The predicted molar refractivity (Wildman–Crippen MR) is 93.9 cm³/mol. The third-order valence-corrected chi connectivity index (χ3v) is 3.85. The molecule has 0 fully saturated rings. The van der Waals surface area contributed by atoms with Gasteiger partial charge in [-0.15, -0.1) is 0 Å². The Morgan fingerprint density at radius 3 is 2.08 bits per heavy atom. The highest BCUT2D eigenvalue weighted by atomic mass is 35.5. The molecule has 0 aliphatic carbocycles. The number of ether oxygens (including phenoxy) is 1. The van der Waals surface area contributed by atoms with E-state index in [1.165, 1.54) is 0 Å². The van der Waals surface area contributed by atoms with E-state index in [-0.39, 0.29) is 12.7 Å². The molecule has 3 rings (SSSR count).